The van der Waals surface area contributed by atoms with Gasteiger partial charge in [0.15, 0.2) is 0 Å². The van der Waals surface area contributed by atoms with Gasteiger partial charge in [0, 0.05) is 12.8 Å². The molecule has 67 heavy (non-hydrogen) atoms. The van der Waals surface area contributed by atoms with Gasteiger partial charge in [-0.05, 0) is 57.4 Å². The van der Waals surface area contributed by atoms with Crippen LogP contribution in [0, 0.1) is 0 Å². The van der Waals surface area contributed by atoms with E-state index in [0.717, 1.165) is 64.2 Å². The predicted octanol–water partition coefficient (Wildman–Crippen LogP) is 16.4. The Morgan fingerprint density at radius 3 is 1.27 bits per heavy atom. The summed E-state index contributed by atoms with van der Waals surface area (Å²) in [5.74, 6) is -0.536. The van der Waals surface area contributed by atoms with Crippen LogP contribution in [0.2, 0.25) is 0 Å². The third-order valence-corrected chi connectivity index (χ3v) is 13.8. The summed E-state index contributed by atoms with van der Waals surface area (Å²) in [5.41, 5.74) is 0. The van der Waals surface area contributed by atoms with Crippen LogP contribution in [0.4, 0.5) is 0 Å². The van der Waals surface area contributed by atoms with Gasteiger partial charge in [-0.1, -0.05) is 232 Å². The number of carbonyl (C=O) groups is 2. The number of hydrogen-bond acceptors (Lipinski definition) is 7. The summed E-state index contributed by atoms with van der Waals surface area (Å²) in [6.07, 6.45) is 54.2. The van der Waals surface area contributed by atoms with Crippen LogP contribution in [0.15, 0.2) is 24.3 Å². The third kappa shape index (κ3) is 49.3. The van der Waals surface area contributed by atoms with Crippen molar-refractivity contribution in [2.75, 3.05) is 40.9 Å². The smallest absolute Gasteiger partial charge is 0.306 e. The zero-order chi connectivity index (χ0) is 49.4. The van der Waals surface area contributed by atoms with Crippen molar-refractivity contribution in [1.82, 2.24) is 5.32 Å². The first-order chi connectivity index (χ1) is 32.4. The van der Waals surface area contributed by atoms with Gasteiger partial charge in [0.2, 0.25) is 5.91 Å². The fourth-order valence-corrected chi connectivity index (χ4v) is 9.12. The molecule has 0 aromatic carbocycles. The lowest BCUT2D eigenvalue weighted by molar-refractivity contribution is -0.870. The molecule has 0 heterocycles. The number of ether oxygens (including phenoxy) is 1. The number of nitrogens with zero attached hydrogens (tertiary/aromatic N) is 1. The van der Waals surface area contributed by atoms with Crippen LogP contribution in [-0.4, -0.2) is 69.4 Å². The molecular weight excluding hydrogens is 856 g/mol. The maximum Gasteiger partial charge on any atom is 0.306 e. The van der Waals surface area contributed by atoms with Crippen molar-refractivity contribution in [3.63, 3.8) is 0 Å². The van der Waals surface area contributed by atoms with Crippen molar-refractivity contribution in [2.45, 2.75) is 290 Å². The van der Waals surface area contributed by atoms with E-state index < -0.39 is 20.0 Å². The lowest BCUT2D eigenvalue weighted by Gasteiger charge is -2.30. The number of likely N-dealkylation sites (N-methyl/N-ethyl adjacent to an activating group) is 1. The van der Waals surface area contributed by atoms with Gasteiger partial charge in [-0.2, -0.15) is 0 Å². The number of hydrogen-bond donors (Lipinski definition) is 1. The van der Waals surface area contributed by atoms with Crippen LogP contribution in [0.5, 0.6) is 0 Å². The van der Waals surface area contributed by atoms with Crippen LogP contribution in [0.3, 0.4) is 0 Å². The lowest BCUT2D eigenvalue weighted by atomic mass is 10.0. The van der Waals surface area contributed by atoms with Crippen molar-refractivity contribution in [2.24, 2.45) is 0 Å². The van der Waals surface area contributed by atoms with Gasteiger partial charge < -0.3 is 28.5 Å². The van der Waals surface area contributed by atoms with Gasteiger partial charge in [0.1, 0.15) is 19.3 Å². The normalized spacial score (nSPS) is 14.0. The third-order valence-electron chi connectivity index (χ3n) is 12.9. The number of esters is 1. The molecule has 0 aliphatic rings. The minimum absolute atomic E-state index is 0.0197. The average Bonchev–Trinajstić information content (AvgIpc) is 3.28. The lowest BCUT2D eigenvalue weighted by Crippen LogP contribution is -2.47. The maximum atomic E-state index is 13.4. The largest absolute Gasteiger partial charge is 0.756 e. The summed E-state index contributed by atoms with van der Waals surface area (Å²) in [5, 5.41) is 3.02. The highest BCUT2D eigenvalue weighted by Gasteiger charge is 2.27. The molecule has 3 unspecified atom stereocenters. The summed E-state index contributed by atoms with van der Waals surface area (Å²) >= 11 is 0. The number of allylic oxidation sites excluding steroid dienone is 3. The number of phosphoric acid groups is 1. The van der Waals surface area contributed by atoms with Crippen LogP contribution in [0.1, 0.15) is 278 Å². The molecule has 0 rings (SSSR count). The van der Waals surface area contributed by atoms with Gasteiger partial charge in [0.25, 0.3) is 7.82 Å². The van der Waals surface area contributed by atoms with Gasteiger partial charge >= 0.3 is 5.97 Å². The summed E-state index contributed by atoms with van der Waals surface area (Å²) in [7, 11) is 1.19. The minimum Gasteiger partial charge on any atom is -0.756 e. The highest BCUT2D eigenvalue weighted by atomic mass is 31.2. The summed E-state index contributed by atoms with van der Waals surface area (Å²) < 4.78 is 30.2. The number of amides is 1. The molecule has 0 aliphatic heterocycles. The van der Waals surface area contributed by atoms with Crippen LogP contribution in [0.25, 0.3) is 0 Å². The van der Waals surface area contributed by atoms with E-state index in [-0.39, 0.29) is 31.5 Å². The minimum atomic E-state index is -4.69. The molecule has 0 saturated carbocycles. The van der Waals surface area contributed by atoms with Crippen molar-refractivity contribution < 1.29 is 37.3 Å². The molecule has 396 valence electrons. The van der Waals surface area contributed by atoms with E-state index in [1.807, 2.05) is 33.3 Å². The topological polar surface area (TPSA) is 114 Å². The average molecular weight is 967 g/mol. The highest BCUT2D eigenvalue weighted by molar-refractivity contribution is 7.45. The SMILES string of the molecule is CCCCCCCC/C=C/CCCCCCCCCC(=O)OC(/C=C/CCCCCCCCCCC)C(COP(=O)([O-])OCC[N+](C)(C)C)NC(=O)CCCCCCCCCCCCCCC. The van der Waals surface area contributed by atoms with E-state index >= 15 is 0 Å². The van der Waals surface area contributed by atoms with Crippen LogP contribution >= 0.6 is 7.82 Å². The molecule has 10 heteroatoms. The molecule has 0 saturated heterocycles. The Bertz CT molecular complexity index is 1210. The van der Waals surface area contributed by atoms with Gasteiger partial charge in [-0.3, -0.25) is 14.2 Å². The molecule has 0 fully saturated rings. The number of rotatable bonds is 52. The van der Waals surface area contributed by atoms with E-state index in [0.29, 0.717) is 17.4 Å². The van der Waals surface area contributed by atoms with E-state index in [1.54, 1.807) is 0 Å². The molecule has 0 bridgehead atoms. The molecule has 1 amide bonds. The number of quaternary nitrogens is 1. The van der Waals surface area contributed by atoms with E-state index in [1.165, 1.54) is 180 Å². The second-order valence-corrected chi connectivity index (χ2v) is 22.2. The van der Waals surface area contributed by atoms with Gasteiger partial charge in [-0.25, -0.2) is 0 Å². The number of phosphoric ester groups is 1. The molecule has 9 nitrogen and oxygen atoms in total. The predicted molar refractivity (Wildman–Crippen MR) is 284 cm³/mol. The monoisotopic (exact) mass is 967 g/mol. The molecule has 3 atom stereocenters. The number of unbranched alkanes of at least 4 members (excludes halogenated alkanes) is 34. The van der Waals surface area contributed by atoms with Crippen LogP contribution < -0.4 is 10.2 Å². The number of nitrogens with one attached hydrogen (secondary N) is 1. The Kier molecular flexibility index (Phi) is 47.0. The van der Waals surface area contributed by atoms with Crippen molar-refractivity contribution in [3.05, 3.63) is 24.3 Å². The first-order valence-electron chi connectivity index (χ1n) is 28.6. The Labute approximate surface area is 415 Å². The maximum absolute atomic E-state index is 13.4. The van der Waals surface area contributed by atoms with Crippen molar-refractivity contribution in [3.8, 4) is 0 Å². The Morgan fingerprint density at radius 2 is 0.866 bits per heavy atom. The first-order valence-corrected chi connectivity index (χ1v) is 30.1. The van der Waals surface area contributed by atoms with Crippen molar-refractivity contribution in [1.29, 1.82) is 0 Å². The fourth-order valence-electron chi connectivity index (χ4n) is 8.40. The second kappa shape index (κ2) is 48.1. The van der Waals surface area contributed by atoms with Gasteiger partial charge in [-0.15, -0.1) is 0 Å². The van der Waals surface area contributed by atoms with E-state index in [4.69, 9.17) is 13.8 Å². The Balaban J connectivity index is 5.29. The molecule has 0 aromatic rings. The molecule has 0 aliphatic carbocycles. The second-order valence-electron chi connectivity index (χ2n) is 20.8. The standard InChI is InChI=1S/C57H111N2O7P/c1-7-10-13-16-19-22-25-27-28-29-30-32-35-38-41-44-47-50-57(61)66-55(48-45-42-39-36-33-24-21-18-15-12-9-3)54(53-65-67(62,63)64-52-51-59(4,5)6)58-56(60)49-46-43-40-37-34-31-26-23-20-17-14-11-8-2/h27-28,45,48,54-55H,7-26,29-44,46-47,49-53H2,1-6H3,(H-,58,60,62,63)/b28-27+,48-45+. The summed E-state index contributed by atoms with van der Waals surface area (Å²) in [4.78, 5) is 39.8. The molecular formula is C57H111N2O7P. The van der Waals surface area contributed by atoms with E-state index in [2.05, 4.69) is 38.2 Å². The molecule has 0 aromatic heterocycles. The summed E-state index contributed by atoms with van der Waals surface area (Å²) in [6, 6.07) is -0.882. The van der Waals surface area contributed by atoms with Gasteiger partial charge in [0.05, 0.1) is 33.8 Å². The fraction of sp³-hybridized carbons (Fsp3) is 0.895. The van der Waals surface area contributed by atoms with Crippen LogP contribution in [-0.2, 0) is 27.9 Å². The Morgan fingerprint density at radius 1 is 0.507 bits per heavy atom. The first kappa shape index (κ1) is 65.5. The zero-order valence-electron chi connectivity index (χ0n) is 45.1. The number of carbonyl (C=O) groups excluding carboxylic acids is 2. The Hall–Kier alpha value is -1.51. The van der Waals surface area contributed by atoms with E-state index in [9.17, 15) is 19.0 Å². The van der Waals surface area contributed by atoms with Crippen molar-refractivity contribution >= 4 is 19.7 Å². The molecule has 0 radical (unpaired) electrons. The quantitative estimate of drug-likeness (QED) is 0.0212. The summed E-state index contributed by atoms with van der Waals surface area (Å²) in [6.45, 7) is 6.85. The zero-order valence-corrected chi connectivity index (χ0v) is 46.0. The highest BCUT2D eigenvalue weighted by Crippen LogP contribution is 2.38. The molecule has 1 N–H and O–H groups in total. The molecule has 0 spiro atoms.